The van der Waals surface area contributed by atoms with Crippen LogP contribution in [-0.4, -0.2) is 78.9 Å². The van der Waals surface area contributed by atoms with Gasteiger partial charge in [0.15, 0.2) is 0 Å². The highest BCUT2D eigenvalue weighted by molar-refractivity contribution is 5.80. The highest BCUT2D eigenvalue weighted by atomic mass is 19.1. The van der Waals surface area contributed by atoms with Gasteiger partial charge in [0, 0.05) is 45.8 Å². The molecule has 0 aromatic heterocycles. The van der Waals surface area contributed by atoms with Crippen molar-refractivity contribution in [3.05, 3.63) is 48.3 Å². The third kappa shape index (κ3) is 6.37. The van der Waals surface area contributed by atoms with E-state index < -0.39 is 0 Å². The van der Waals surface area contributed by atoms with Gasteiger partial charge in [-0.3, -0.25) is 19.4 Å². The van der Waals surface area contributed by atoms with Crippen molar-refractivity contribution in [1.29, 1.82) is 0 Å². The molecule has 2 saturated heterocycles. The fraction of sp³-hybridized carbons (Fsp3) is 0.545. The fourth-order valence-corrected chi connectivity index (χ4v) is 4.12. The summed E-state index contributed by atoms with van der Waals surface area (Å²) in [5.74, 6) is -0.0161. The van der Waals surface area contributed by atoms with E-state index in [-0.39, 0.29) is 23.5 Å². The Morgan fingerprint density at radius 1 is 1.17 bits per heavy atom. The molecule has 1 unspecified atom stereocenters. The molecule has 7 heteroatoms. The number of nitrogens with one attached hydrogen (secondary N) is 1. The second kappa shape index (κ2) is 10.5. The zero-order valence-corrected chi connectivity index (χ0v) is 17.0. The van der Waals surface area contributed by atoms with Crippen LogP contribution in [0.15, 0.2) is 36.9 Å². The van der Waals surface area contributed by atoms with Crippen molar-refractivity contribution in [2.24, 2.45) is 5.92 Å². The lowest BCUT2D eigenvalue weighted by Crippen LogP contribution is -2.53. The van der Waals surface area contributed by atoms with Gasteiger partial charge in [0.05, 0.1) is 12.5 Å². The monoisotopic (exact) mass is 402 g/mol. The first-order valence-electron chi connectivity index (χ1n) is 10.4. The van der Waals surface area contributed by atoms with Gasteiger partial charge < -0.3 is 10.2 Å². The van der Waals surface area contributed by atoms with Crippen molar-refractivity contribution in [2.75, 3.05) is 52.4 Å². The SMILES string of the molecule is C=CCNC(=O)CN1CCN(C(=O)C2CCCN(Cc3cccc(F)c3)C2)CC1. The molecule has 1 N–H and O–H groups in total. The summed E-state index contributed by atoms with van der Waals surface area (Å²) in [6.45, 7) is 9.52. The van der Waals surface area contributed by atoms with Gasteiger partial charge in [0.1, 0.15) is 5.82 Å². The fourth-order valence-electron chi connectivity index (χ4n) is 4.12. The van der Waals surface area contributed by atoms with E-state index in [0.29, 0.717) is 45.8 Å². The van der Waals surface area contributed by atoms with Gasteiger partial charge in [-0.05, 0) is 37.1 Å². The van der Waals surface area contributed by atoms with Crippen molar-refractivity contribution in [3.63, 3.8) is 0 Å². The maximum atomic E-state index is 13.4. The molecular formula is C22H31FN4O2. The van der Waals surface area contributed by atoms with Gasteiger partial charge in [-0.15, -0.1) is 6.58 Å². The maximum Gasteiger partial charge on any atom is 0.234 e. The molecule has 1 atom stereocenters. The summed E-state index contributed by atoms with van der Waals surface area (Å²) < 4.78 is 13.4. The Kier molecular flexibility index (Phi) is 7.77. The minimum Gasteiger partial charge on any atom is -0.352 e. The Bertz CT molecular complexity index is 719. The van der Waals surface area contributed by atoms with Crippen LogP contribution in [0.3, 0.4) is 0 Å². The first kappa shape index (κ1) is 21.5. The second-order valence-corrected chi connectivity index (χ2v) is 7.90. The van der Waals surface area contributed by atoms with E-state index in [1.165, 1.54) is 6.07 Å². The third-order valence-corrected chi connectivity index (χ3v) is 5.64. The highest BCUT2D eigenvalue weighted by Crippen LogP contribution is 2.21. The third-order valence-electron chi connectivity index (χ3n) is 5.64. The number of carbonyl (C=O) groups is 2. The number of rotatable bonds is 7. The van der Waals surface area contributed by atoms with Crippen LogP contribution in [0.5, 0.6) is 0 Å². The maximum absolute atomic E-state index is 13.4. The van der Waals surface area contributed by atoms with Crippen LogP contribution < -0.4 is 5.32 Å². The molecular weight excluding hydrogens is 371 g/mol. The number of carbonyl (C=O) groups excluding carboxylic acids is 2. The minimum atomic E-state index is -0.219. The van der Waals surface area contributed by atoms with Crippen LogP contribution in [0.1, 0.15) is 18.4 Å². The molecule has 29 heavy (non-hydrogen) atoms. The molecule has 0 aliphatic carbocycles. The summed E-state index contributed by atoms with van der Waals surface area (Å²) in [6.07, 6.45) is 3.55. The van der Waals surface area contributed by atoms with Crippen molar-refractivity contribution < 1.29 is 14.0 Å². The number of amides is 2. The van der Waals surface area contributed by atoms with Crippen LogP contribution in [0.2, 0.25) is 0 Å². The van der Waals surface area contributed by atoms with Crippen molar-refractivity contribution in [1.82, 2.24) is 20.0 Å². The number of nitrogens with zero attached hydrogens (tertiary/aromatic N) is 3. The molecule has 1 aromatic carbocycles. The van der Waals surface area contributed by atoms with E-state index in [0.717, 1.165) is 31.5 Å². The molecule has 3 rings (SSSR count). The van der Waals surface area contributed by atoms with E-state index in [4.69, 9.17) is 0 Å². The van der Waals surface area contributed by atoms with Crippen LogP contribution in [-0.2, 0) is 16.1 Å². The quantitative estimate of drug-likeness (QED) is 0.702. The lowest BCUT2D eigenvalue weighted by Gasteiger charge is -2.38. The molecule has 2 aliphatic heterocycles. The van der Waals surface area contributed by atoms with E-state index in [9.17, 15) is 14.0 Å². The average Bonchev–Trinajstić information content (AvgIpc) is 2.72. The zero-order valence-electron chi connectivity index (χ0n) is 17.0. The van der Waals surface area contributed by atoms with E-state index >= 15 is 0 Å². The number of benzene rings is 1. The number of halogens is 1. The smallest absolute Gasteiger partial charge is 0.234 e. The summed E-state index contributed by atoms with van der Waals surface area (Å²) in [5.41, 5.74) is 0.946. The van der Waals surface area contributed by atoms with Gasteiger partial charge in [0.2, 0.25) is 11.8 Å². The number of piperazine rings is 1. The number of likely N-dealkylation sites (tertiary alicyclic amines) is 1. The Morgan fingerprint density at radius 2 is 1.97 bits per heavy atom. The molecule has 0 spiro atoms. The molecule has 1 aromatic rings. The standard InChI is InChI=1S/C22H31FN4O2/c1-2-8-24-21(28)17-25-10-12-27(13-11-25)22(29)19-6-4-9-26(16-19)15-18-5-3-7-20(23)14-18/h2-3,5,7,14,19H,1,4,6,8-13,15-17H2,(H,24,28). The van der Waals surface area contributed by atoms with Crippen LogP contribution in [0.4, 0.5) is 4.39 Å². The van der Waals surface area contributed by atoms with Crippen LogP contribution in [0.25, 0.3) is 0 Å². The Morgan fingerprint density at radius 3 is 2.69 bits per heavy atom. The van der Waals surface area contributed by atoms with Gasteiger partial charge in [-0.25, -0.2) is 4.39 Å². The topological polar surface area (TPSA) is 55.9 Å². The second-order valence-electron chi connectivity index (χ2n) is 7.90. The van der Waals surface area contributed by atoms with E-state index in [1.54, 1.807) is 18.2 Å². The van der Waals surface area contributed by atoms with E-state index in [1.807, 2.05) is 11.0 Å². The molecule has 2 aliphatic rings. The van der Waals surface area contributed by atoms with Crippen molar-refractivity contribution in [2.45, 2.75) is 19.4 Å². The van der Waals surface area contributed by atoms with Crippen LogP contribution >= 0.6 is 0 Å². The molecule has 2 fully saturated rings. The first-order valence-corrected chi connectivity index (χ1v) is 10.4. The van der Waals surface area contributed by atoms with E-state index in [2.05, 4.69) is 21.7 Å². The summed E-state index contributed by atoms with van der Waals surface area (Å²) in [5, 5.41) is 2.79. The average molecular weight is 403 g/mol. The minimum absolute atomic E-state index is 0.000232. The Labute approximate surface area is 172 Å². The largest absolute Gasteiger partial charge is 0.352 e. The zero-order chi connectivity index (χ0) is 20.6. The number of hydrogen-bond donors (Lipinski definition) is 1. The van der Waals surface area contributed by atoms with Crippen molar-refractivity contribution in [3.8, 4) is 0 Å². The molecule has 0 saturated carbocycles. The summed E-state index contributed by atoms with van der Waals surface area (Å²) in [6, 6.07) is 6.68. The molecule has 2 heterocycles. The van der Waals surface area contributed by atoms with Crippen LogP contribution in [0, 0.1) is 11.7 Å². The molecule has 158 valence electrons. The molecule has 0 bridgehead atoms. The summed E-state index contributed by atoms with van der Waals surface area (Å²) >= 11 is 0. The Balaban J connectivity index is 1.45. The van der Waals surface area contributed by atoms with Gasteiger partial charge in [-0.1, -0.05) is 18.2 Å². The normalized spacial score (nSPS) is 21.0. The number of piperidine rings is 1. The van der Waals surface area contributed by atoms with Gasteiger partial charge in [-0.2, -0.15) is 0 Å². The first-order chi connectivity index (χ1) is 14.0. The molecule has 0 radical (unpaired) electrons. The summed E-state index contributed by atoms with van der Waals surface area (Å²) in [4.78, 5) is 31.1. The highest BCUT2D eigenvalue weighted by Gasteiger charge is 2.31. The molecule has 2 amide bonds. The van der Waals surface area contributed by atoms with Gasteiger partial charge >= 0.3 is 0 Å². The predicted molar refractivity (Wildman–Crippen MR) is 111 cm³/mol. The molecule has 6 nitrogen and oxygen atoms in total. The lowest BCUT2D eigenvalue weighted by molar-refractivity contribution is -0.139. The van der Waals surface area contributed by atoms with Crippen molar-refractivity contribution >= 4 is 11.8 Å². The lowest BCUT2D eigenvalue weighted by atomic mass is 9.95. The predicted octanol–water partition coefficient (Wildman–Crippen LogP) is 1.48. The Hall–Kier alpha value is -2.25. The summed E-state index contributed by atoms with van der Waals surface area (Å²) in [7, 11) is 0. The van der Waals surface area contributed by atoms with Gasteiger partial charge in [0.25, 0.3) is 0 Å². The number of hydrogen-bond acceptors (Lipinski definition) is 4.